The van der Waals surface area contributed by atoms with Crippen molar-refractivity contribution >= 4 is 22.1 Å². The molecule has 6 heteroatoms. The zero-order valence-electron chi connectivity index (χ0n) is 17.0. The molecule has 4 heterocycles. The van der Waals surface area contributed by atoms with E-state index in [2.05, 4.69) is 33.2 Å². The number of hydrogen-bond donors (Lipinski definition) is 0. The Hall–Kier alpha value is -4.06. The highest BCUT2D eigenvalue weighted by atomic mass is 16.5. The lowest BCUT2D eigenvalue weighted by Crippen LogP contribution is -2.03. The van der Waals surface area contributed by atoms with Gasteiger partial charge in [0.25, 0.3) is 0 Å². The number of benzene rings is 1. The summed E-state index contributed by atoms with van der Waals surface area (Å²) < 4.78 is 8.19. The lowest BCUT2D eigenvalue weighted by Gasteiger charge is -2.09. The minimum absolute atomic E-state index is 0.490. The van der Waals surface area contributed by atoms with Crippen LogP contribution in [0.3, 0.4) is 0 Å². The van der Waals surface area contributed by atoms with Gasteiger partial charge in [0, 0.05) is 17.8 Å². The number of ether oxygens (including phenoxy) is 1. The second-order valence-electron chi connectivity index (χ2n) is 7.65. The first-order chi connectivity index (χ1) is 15.3. The molecule has 0 radical (unpaired) electrons. The summed E-state index contributed by atoms with van der Waals surface area (Å²) in [7, 11) is 0. The van der Waals surface area contributed by atoms with Crippen molar-refractivity contribution < 1.29 is 4.74 Å². The van der Waals surface area contributed by atoms with Crippen LogP contribution >= 0.6 is 0 Å². The molecular weight excluding hydrogens is 386 g/mol. The van der Waals surface area contributed by atoms with Crippen molar-refractivity contribution in [3.8, 4) is 17.1 Å². The highest BCUT2D eigenvalue weighted by molar-refractivity contribution is 5.86. The predicted octanol–water partition coefficient (Wildman–Crippen LogP) is 4.88. The maximum absolute atomic E-state index is 6.18. The van der Waals surface area contributed by atoms with E-state index in [1.54, 1.807) is 6.20 Å². The Kier molecular flexibility index (Phi) is 4.02. The first kappa shape index (κ1) is 17.8. The SMILES string of the molecule is Cc1ncc(-c2cnc3ccccn23)c(OCC2=C(c3ccc4ccccc4n3)C2)n1. The molecule has 1 aliphatic carbocycles. The predicted molar refractivity (Wildman–Crippen MR) is 120 cm³/mol. The molecule has 0 spiro atoms. The molecule has 1 aromatic carbocycles. The molecule has 0 amide bonds. The maximum atomic E-state index is 6.18. The molecule has 31 heavy (non-hydrogen) atoms. The Bertz CT molecular complexity index is 1480. The summed E-state index contributed by atoms with van der Waals surface area (Å²) in [5.74, 6) is 1.25. The first-order valence-corrected chi connectivity index (χ1v) is 10.2. The van der Waals surface area contributed by atoms with Gasteiger partial charge in [-0.1, -0.05) is 30.3 Å². The van der Waals surface area contributed by atoms with Gasteiger partial charge in [-0.05, 0) is 48.8 Å². The molecule has 0 fully saturated rings. The van der Waals surface area contributed by atoms with Crippen molar-refractivity contribution in [3.63, 3.8) is 0 Å². The maximum Gasteiger partial charge on any atom is 0.226 e. The summed E-state index contributed by atoms with van der Waals surface area (Å²) in [5.41, 5.74) is 7.16. The average Bonchev–Trinajstić information content (AvgIpc) is 3.47. The fourth-order valence-electron chi connectivity index (χ4n) is 3.84. The largest absolute Gasteiger partial charge is 0.473 e. The summed E-state index contributed by atoms with van der Waals surface area (Å²) in [6.07, 6.45) is 6.53. The number of aryl methyl sites for hydroxylation is 1. The molecule has 0 aliphatic heterocycles. The zero-order chi connectivity index (χ0) is 20.8. The fourth-order valence-corrected chi connectivity index (χ4v) is 3.84. The number of aromatic nitrogens is 5. The van der Waals surface area contributed by atoms with Crippen LogP contribution in [0, 0.1) is 6.92 Å². The normalized spacial score (nSPS) is 13.2. The van der Waals surface area contributed by atoms with Crippen molar-refractivity contribution in [2.45, 2.75) is 13.3 Å². The van der Waals surface area contributed by atoms with E-state index >= 15 is 0 Å². The van der Waals surface area contributed by atoms with Crippen LogP contribution in [-0.2, 0) is 0 Å². The topological polar surface area (TPSA) is 65.2 Å². The number of allylic oxidation sites excluding steroid dienone is 1. The van der Waals surface area contributed by atoms with Crippen molar-refractivity contribution in [3.05, 3.63) is 90.3 Å². The molecule has 0 bridgehead atoms. The van der Waals surface area contributed by atoms with Crippen LogP contribution in [0.25, 0.3) is 33.4 Å². The molecule has 0 N–H and O–H groups in total. The van der Waals surface area contributed by atoms with Crippen LogP contribution in [0.4, 0.5) is 0 Å². The van der Waals surface area contributed by atoms with Gasteiger partial charge in [-0.15, -0.1) is 0 Å². The van der Waals surface area contributed by atoms with Gasteiger partial charge in [-0.2, -0.15) is 4.98 Å². The second kappa shape index (κ2) is 7.02. The second-order valence-corrected chi connectivity index (χ2v) is 7.65. The Morgan fingerprint density at radius 3 is 2.81 bits per heavy atom. The van der Waals surface area contributed by atoms with Gasteiger partial charge in [0.2, 0.25) is 5.88 Å². The number of para-hydroxylation sites is 1. The van der Waals surface area contributed by atoms with Gasteiger partial charge in [-0.3, -0.25) is 4.40 Å². The van der Waals surface area contributed by atoms with Gasteiger partial charge in [0.05, 0.1) is 28.7 Å². The highest BCUT2D eigenvalue weighted by Crippen LogP contribution is 2.40. The first-order valence-electron chi connectivity index (χ1n) is 10.2. The number of nitrogens with zero attached hydrogens (tertiary/aromatic N) is 5. The number of hydrogen-bond acceptors (Lipinski definition) is 5. The van der Waals surface area contributed by atoms with E-state index in [0.717, 1.165) is 39.9 Å². The third kappa shape index (κ3) is 3.22. The summed E-state index contributed by atoms with van der Waals surface area (Å²) in [6, 6.07) is 18.3. The van der Waals surface area contributed by atoms with Crippen LogP contribution in [0.2, 0.25) is 0 Å². The van der Waals surface area contributed by atoms with Gasteiger partial charge >= 0.3 is 0 Å². The molecule has 150 valence electrons. The monoisotopic (exact) mass is 405 g/mol. The lowest BCUT2D eigenvalue weighted by atomic mass is 10.2. The van der Waals surface area contributed by atoms with Crippen molar-refractivity contribution in [1.29, 1.82) is 0 Å². The quantitative estimate of drug-likeness (QED) is 0.417. The summed E-state index contributed by atoms with van der Waals surface area (Å²) in [5, 5.41) is 1.15. The Labute approximate surface area is 178 Å². The van der Waals surface area contributed by atoms with Crippen LogP contribution in [0.1, 0.15) is 17.9 Å². The number of fused-ring (bicyclic) bond motifs is 2. The van der Waals surface area contributed by atoms with Gasteiger partial charge < -0.3 is 4.74 Å². The lowest BCUT2D eigenvalue weighted by molar-refractivity contribution is 0.342. The van der Waals surface area contributed by atoms with Crippen LogP contribution in [0.15, 0.2) is 78.8 Å². The molecule has 5 aromatic rings. The summed E-state index contributed by atoms with van der Waals surface area (Å²) >= 11 is 0. The Balaban J connectivity index is 1.29. The molecule has 1 aliphatic rings. The van der Waals surface area contributed by atoms with E-state index in [4.69, 9.17) is 9.72 Å². The van der Waals surface area contributed by atoms with E-state index in [0.29, 0.717) is 18.3 Å². The zero-order valence-corrected chi connectivity index (χ0v) is 17.0. The fraction of sp³-hybridized carbons (Fsp3) is 0.120. The molecule has 4 aromatic heterocycles. The molecule has 6 rings (SSSR count). The van der Waals surface area contributed by atoms with E-state index in [1.165, 1.54) is 11.1 Å². The minimum atomic E-state index is 0.490. The molecular formula is C25H19N5O. The molecule has 0 unspecified atom stereocenters. The third-order valence-corrected chi connectivity index (χ3v) is 5.55. The number of rotatable bonds is 5. The third-order valence-electron chi connectivity index (χ3n) is 5.55. The van der Waals surface area contributed by atoms with Crippen LogP contribution in [0.5, 0.6) is 5.88 Å². The smallest absolute Gasteiger partial charge is 0.226 e. The summed E-state index contributed by atoms with van der Waals surface area (Å²) in [6.45, 7) is 2.36. The number of imidazole rings is 1. The highest BCUT2D eigenvalue weighted by Gasteiger charge is 2.25. The molecule has 0 atom stereocenters. The van der Waals surface area contributed by atoms with Crippen LogP contribution in [-0.4, -0.2) is 30.9 Å². The van der Waals surface area contributed by atoms with Crippen LogP contribution < -0.4 is 4.74 Å². The Morgan fingerprint density at radius 2 is 1.84 bits per heavy atom. The number of pyridine rings is 2. The molecule has 0 saturated carbocycles. The van der Waals surface area contributed by atoms with Gasteiger partial charge in [0.1, 0.15) is 18.1 Å². The summed E-state index contributed by atoms with van der Waals surface area (Å²) in [4.78, 5) is 18.2. The van der Waals surface area contributed by atoms with Gasteiger partial charge in [0.15, 0.2) is 0 Å². The Morgan fingerprint density at radius 1 is 0.935 bits per heavy atom. The molecule has 6 nitrogen and oxygen atoms in total. The van der Waals surface area contributed by atoms with E-state index in [1.807, 2.05) is 60.1 Å². The van der Waals surface area contributed by atoms with Gasteiger partial charge in [-0.25, -0.2) is 15.0 Å². The van der Waals surface area contributed by atoms with E-state index in [-0.39, 0.29) is 0 Å². The average molecular weight is 405 g/mol. The minimum Gasteiger partial charge on any atom is -0.473 e. The van der Waals surface area contributed by atoms with Crippen molar-refractivity contribution in [2.75, 3.05) is 6.61 Å². The van der Waals surface area contributed by atoms with E-state index < -0.39 is 0 Å². The van der Waals surface area contributed by atoms with Crippen molar-refractivity contribution in [1.82, 2.24) is 24.3 Å². The van der Waals surface area contributed by atoms with Crippen molar-refractivity contribution in [2.24, 2.45) is 0 Å². The van der Waals surface area contributed by atoms with E-state index in [9.17, 15) is 0 Å². The standard InChI is InChI=1S/C25H19N5O/c1-16-26-13-20(23-14-27-24-8-4-5-11-30(23)24)25(28-16)31-15-18-12-19(18)22-10-9-17-6-2-3-7-21(17)29-22/h2-11,13-14H,12,15H2,1H3. The molecule has 0 saturated heterocycles.